The van der Waals surface area contributed by atoms with Gasteiger partial charge in [-0.25, -0.2) is 13.0 Å². The van der Waals surface area contributed by atoms with Crippen LogP contribution in [-0.2, 0) is 10.1 Å². The number of halogens is 3. The van der Waals surface area contributed by atoms with Crippen molar-refractivity contribution in [2.75, 3.05) is 13.1 Å². The molecule has 0 aromatic heterocycles. The lowest BCUT2D eigenvalue weighted by atomic mass is 9.60. The molecule has 2 bridgehead atoms. The number of nitrogens with zero attached hydrogens (tertiary/aromatic N) is 1. The number of allylic oxidation sites excluding steroid dienone is 2. The Bertz CT molecular complexity index is 1130. The van der Waals surface area contributed by atoms with E-state index < -0.39 is 15.6 Å². The number of alkyl halides is 3. The second kappa shape index (κ2) is 9.81. The third-order valence-corrected chi connectivity index (χ3v) is 6.77. The molecule has 178 valence electrons. The van der Waals surface area contributed by atoms with Gasteiger partial charge < -0.3 is 4.55 Å². The van der Waals surface area contributed by atoms with Gasteiger partial charge in [-0.3, -0.25) is 0 Å². The van der Waals surface area contributed by atoms with Crippen LogP contribution in [-0.4, -0.2) is 42.4 Å². The molecule has 0 fully saturated rings. The zero-order valence-corrected chi connectivity index (χ0v) is 19.7. The third kappa shape index (κ3) is 4.92. The molecular weight excluding hydrogens is 451 g/mol. The van der Waals surface area contributed by atoms with Crippen molar-refractivity contribution in [3.63, 3.8) is 0 Å². The predicted octanol–water partition coefficient (Wildman–Crippen LogP) is 5.55. The van der Waals surface area contributed by atoms with Crippen molar-refractivity contribution in [1.29, 1.82) is 0 Å². The van der Waals surface area contributed by atoms with Crippen LogP contribution in [0.3, 0.4) is 0 Å². The molecule has 2 aromatic carbocycles. The summed E-state index contributed by atoms with van der Waals surface area (Å²) in [6, 6.07) is 18.2. The van der Waals surface area contributed by atoms with Gasteiger partial charge >= 0.3 is 5.51 Å². The van der Waals surface area contributed by atoms with E-state index in [1.165, 1.54) is 35.1 Å². The van der Waals surface area contributed by atoms with Crippen molar-refractivity contribution in [3.8, 4) is 0 Å². The summed E-state index contributed by atoms with van der Waals surface area (Å²) in [7, 11) is -6.09. The van der Waals surface area contributed by atoms with Gasteiger partial charge in [0.25, 0.3) is 0 Å². The summed E-state index contributed by atoms with van der Waals surface area (Å²) in [5.74, 6) is 0.846. The molecule has 0 saturated heterocycles. The van der Waals surface area contributed by atoms with Gasteiger partial charge in [0.2, 0.25) is 0 Å². The van der Waals surface area contributed by atoms with Crippen LogP contribution < -0.4 is 0 Å². The number of benzene rings is 2. The first-order valence-corrected chi connectivity index (χ1v) is 12.5. The van der Waals surface area contributed by atoms with Gasteiger partial charge in [-0.1, -0.05) is 61.9 Å². The van der Waals surface area contributed by atoms with Crippen molar-refractivity contribution in [2.45, 2.75) is 51.0 Å². The highest BCUT2D eigenvalue weighted by molar-refractivity contribution is 7.86. The molecule has 0 atom stereocenters. The zero-order chi connectivity index (χ0) is 24.4. The molecule has 0 radical (unpaired) electrons. The van der Waals surface area contributed by atoms with E-state index in [-0.39, 0.29) is 0 Å². The van der Waals surface area contributed by atoms with Crippen LogP contribution >= 0.6 is 0 Å². The molecule has 0 aliphatic heterocycles. The first-order chi connectivity index (χ1) is 15.5. The van der Waals surface area contributed by atoms with Crippen molar-refractivity contribution < 1.29 is 30.7 Å². The van der Waals surface area contributed by atoms with Crippen LogP contribution in [0.5, 0.6) is 0 Å². The average molecular weight is 480 g/mol. The fourth-order valence-electron chi connectivity index (χ4n) is 4.79. The highest BCUT2D eigenvalue weighted by Gasteiger charge is 2.42. The molecule has 2 aromatic rings. The fraction of sp³-hybridized carbons (Fsp3) is 0.400. The van der Waals surface area contributed by atoms with E-state index in [1.807, 2.05) is 0 Å². The second-order valence-corrected chi connectivity index (χ2v) is 9.48. The Hall–Kier alpha value is -2.45. The summed E-state index contributed by atoms with van der Waals surface area (Å²) in [6.45, 7) is 8.95. The Balaban J connectivity index is 0.000000331. The van der Waals surface area contributed by atoms with E-state index in [4.69, 9.17) is 13.0 Å². The number of hydrogen-bond donors (Lipinski definition) is 0. The highest BCUT2D eigenvalue weighted by atomic mass is 32.2. The molecule has 5 rings (SSSR count). The van der Waals surface area contributed by atoms with Gasteiger partial charge in [-0.15, -0.1) is 0 Å². The molecule has 0 saturated carbocycles. The van der Waals surface area contributed by atoms with Crippen LogP contribution in [0.25, 0.3) is 0 Å². The molecule has 0 unspecified atom stereocenters. The summed E-state index contributed by atoms with van der Waals surface area (Å²) in [6.07, 6.45) is 4.87. The van der Waals surface area contributed by atoms with Crippen LogP contribution in [0.2, 0.25) is 0 Å². The molecule has 0 amide bonds. The molecule has 0 N–H and O–H groups in total. The Morgan fingerprint density at radius 2 is 1.27 bits per heavy atom. The highest BCUT2D eigenvalue weighted by Crippen LogP contribution is 2.55. The van der Waals surface area contributed by atoms with Crippen LogP contribution in [0.1, 0.15) is 67.7 Å². The minimum atomic E-state index is -6.09. The van der Waals surface area contributed by atoms with Crippen molar-refractivity contribution in [3.05, 3.63) is 81.9 Å². The van der Waals surface area contributed by atoms with Gasteiger partial charge in [-0.05, 0) is 48.1 Å². The normalized spacial score (nSPS) is 18.8. The SMILES string of the molecule is CCCC1=C(C=[N+](CC)CC)C2c3ccccc3C1c1ccccc12.O=S(=O)([O-])C(F)(F)F. The van der Waals surface area contributed by atoms with E-state index in [9.17, 15) is 13.2 Å². The molecule has 3 aliphatic carbocycles. The van der Waals surface area contributed by atoms with Crippen molar-refractivity contribution in [1.82, 2.24) is 0 Å². The molecule has 8 heteroatoms. The molecular formula is C25H28F3NO3S. The van der Waals surface area contributed by atoms with Gasteiger partial charge in [0, 0.05) is 17.4 Å². The molecule has 0 heterocycles. The average Bonchev–Trinajstić information content (AvgIpc) is 2.77. The standard InChI is InChI=1S/C24H28N.CHF3O3S/c1-4-11-17-22(16-25(5-2)6-3)24-20-14-9-7-12-18(20)23(17)19-13-8-10-15-21(19)24;2-1(3,4)8(5,6)7/h7-10,12-16,23-24H,4-6,11H2,1-3H3;(H,5,6,7)/q+1;/p-1. The van der Waals surface area contributed by atoms with Crippen molar-refractivity contribution in [2.24, 2.45) is 0 Å². The zero-order valence-electron chi connectivity index (χ0n) is 18.9. The van der Waals surface area contributed by atoms with E-state index in [2.05, 4.69) is 80.1 Å². The maximum Gasteiger partial charge on any atom is 0.485 e. The van der Waals surface area contributed by atoms with Crippen LogP contribution in [0, 0.1) is 0 Å². The summed E-state index contributed by atoms with van der Waals surface area (Å²) >= 11 is 0. The lowest BCUT2D eigenvalue weighted by Crippen LogP contribution is -2.30. The van der Waals surface area contributed by atoms with Gasteiger partial charge in [-0.2, -0.15) is 13.2 Å². The first kappa shape index (κ1) is 25.2. The van der Waals surface area contributed by atoms with Gasteiger partial charge in [0.15, 0.2) is 16.3 Å². The van der Waals surface area contributed by atoms with E-state index in [1.54, 1.807) is 11.1 Å². The summed E-state index contributed by atoms with van der Waals surface area (Å²) < 4.78 is 61.4. The predicted molar refractivity (Wildman–Crippen MR) is 122 cm³/mol. The molecule has 4 nitrogen and oxygen atoms in total. The lowest BCUT2D eigenvalue weighted by Gasteiger charge is -2.42. The largest absolute Gasteiger partial charge is 0.741 e. The minimum Gasteiger partial charge on any atom is -0.741 e. The van der Waals surface area contributed by atoms with Gasteiger partial charge in [0.05, 0.1) is 0 Å². The maximum atomic E-state index is 10.7. The Kier molecular flexibility index (Phi) is 7.49. The topological polar surface area (TPSA) is 60.2 Å². The van der Waals surface area contributed by atoms with E-state index in [0.717, 1.165) is 13.1 Å². The number of rotatable bonds is 5. The summed E-state index contributed by atoms with van der Waals surface area (Å²) in [5.41, 5.74) is 3.67. The Morgan fingerprint density at radius 1 is 0.879 bits per heavy atom. The second-order valence-electron chi connectivity index (χ2n) is 8.10. The van der Waals surface area contributed by atoms with Crippen LogP contribution in [0.4, 0.5) is 13.2 Å². The molecule has 0 spiro atoms. The third-order valence-electron chi connectivity index (χ3n) is 6.20. The monoisotopic (exact) mass is 479 g/mol. The van der Waals surface area contributed by atoms with E-state index in [0.29, 0.717) is 11.8 Å². The maximum absolute atomic E-state index is 10.7. The number of hydrogen-bond acceptors (Lipinski definition) is 3. The quantitative estimate of drug-likeness (QED) is 0.245. The Morgan fingerprint density at radius 3 is 1.61 bits per heavy atom. The molecule has 3 aliphatic rings. The van der Waals surface area contributed by atoms with Crippen molar-refractivity contribution >= 4 is 16.3 Å². The van der Waals surface area contributed by atoms with Crippen LogP contribution in [0.15, 0.2) is 59.7 Å². The Labute approximate surface area is 193 Å². The van der Waals surface area contributed by atoms with Gasteiger partial charge in [0.1, 0.15) is 13.1 Å². The lowest BCUT2D eigenvalue weighted by molar-refractivity contribution is -0.515. The molecule has 33 heavy (non-hydrogen) atoms. The minimum absolute atomic E-state index is 0.402. The smallest absolute Gasteiger partial charge is 0.485 e. The fourth-order valence-corrected chi connectivity index (χ4v) is 4.79. The first-order valence-electron chi connectivity index (χ1n) is 11.1. The van der Waals surface area contributed by atoms with E-state index >= 15 is 0 Å². The summed E-state index contributed by atoms with van der Waals surface area (Å²) in [4.78, 5) is 0. The summed E-state index contributed by atoms with van der Waals surface area (Å²) in [5, 5.41) is 0.